The topological polar surface area (TPSA) is 126 Å². The zero-order valence-corrected chi connectivity index (χ0v) is 28.1. The Hall–Kier alpha value is -5.42. The van der Waals surface area contributed by atoms with Crippen molar-refractivity contribution in [1.29, 1.82) is 0 Å². The molecule has 3 heterocycles. The van der Waals surface area contributed by atoms with E-state index in [2.05, 4.69) is 15.4 Å². The van der Waals surface area contributed by atoms with E-state index < -0.39 is 17.4 Å². The largest absolute Gasteiger partial charge is 0.395 e. The fourth-order valence-electron chi connectivity index (χ4n) is 6.60. The molecule has 1 aliphatic heterocycles. The molecule has 0 aliphatic carbocycles. The summed E-state index contributed by atoms with van der Waals surface area (Å²) < 4.78 is 3.07. The standard InChI is InChI=1S/C39H35ClN6O4/c1-26(10-7-8-19-44-24-35(42-43-44)33(25-47)28-12-3-2-4-13-28)39(50)34-21-30(40)17-18-36(34)45(38(39)49)23-27-11-9-15-31(20-27)46-37(48)32-16-6-5-14-29(32)22-41-46/h2-7,9-18,20-22,24,26,33,47,50H,8,19,23,25H2,1H3/b10-7+/t26-,33?,39+/m1/s1. The molecule has 11 heteroatoms. The van der Waals surface area contributed by atoms with Crippen molar-refractivity contribution in [3.63, 3.8) is 0 Å². The molecule has 1 amide bonds. The number of carbonyl (C=O) groups excluding carboxylic acids is 1. The Morgan fingerprint density at radius 1 is 0.960 bits per heavy atom. The van der Waals surface area contributed by atoms with E-state index in [-0.39, 0.29) is 24.6 Å². The average molecular weight is 687 g/mol. The van der Waals surface area contributed by atoms with Crippen LogP contribution < -0.4 is 10.5 Å². The van der Waals surface area contributed by atoms with Crippen LogP contribution in [-0.2, 0) is 23.5 Å². The molecule has 6 aromatic rings. The van der Waals surface area contributed by atoms with Crippen molar-refractivity contribution in [2.75, 3.05) is 11.5 Å². The number of fused-ring (bicyclic) bond motifs is 2. The Kier molecular flexibility index (Phi) is 9.16. The number of allylic oxidation sites excluding steroid dienone is 1. The third-order valence-corrected chi connectivity index (χ3v) is 9.56. The van der Waals surface area contributed by atoms with Crippen molar-refractivity contribution in [1.82, 2.24) is 24.8 Å². The molecule has 1 unspecified atom stereocenters. The summed E-state index contributed by atoms with van der Waals surface area (Å²) in [6.45, 7) is 2.41. The van der Waals surface area contributed by atoms with Gasteiger partial charge in [0, 0.05) is 34.6 Å². The number of anilines is 1. The number of aliphatic hydroxyl groups is 2. The van der Waals surface area contributed by atoms with E-state index in [1.165, 1.54) is 4.68 Å². The van der Waals surface area contributed by atoms with Gasteiger partial charge in [-0.25, -0.2) is 0 Å². The number of rotatable bonds is 11. The Balaban J connectivity index is 1.08. The SMILES string of the molecule is C[C@H](/C=C/CCn1cc(C(CO)c2ccccc2)nn1)[C@@]1(O)C(=O)N(Cc2cccc(-n3ncc4ccccc4c3=O)c2)c2ccc(Cl)cc21. The van der Waals surface area contributed by atoms with Gasteiger partial charge in [0.15, 0.2) is 5.60 Å². The highest BCUT2D eigenvalue weighted by molar-refractivity contribution is 6.31. The second-order valence-corrected chi connectivity index (χ2v) is 12.9. The molecular formula is C39H35ClN6O4. The summed E-state index contributed by atoms with van der Waals surface area (Å²) in [5.74, 6) is -1.32. The highest BCUT2D eigenvalue weighted by atomic mass is 35.5. The molecule has 2 N–H and O–H groups in total. The summed E-state index contributed by atoms with van der Waals surface area (Å²) in [5.41, 5.74) is 1.89. The Labute approximate surface area is 293 Å². The maximum Gasteiger partial charge on any atom is 0.279 e. The van der Waals surface area contributed by atoms with Crippen LogP contribution in [0.15, 0.2) is 126 Å². The van der Waals surface area contributed by atoms with E-state index in [0.29, 0.717) is 46.0 Å². The molecule has 0 radical (unpaired) electrons. The van der Waals surface area contributed by atoms with Gasteiger partial charge in [-0.3, -0.25) is 14.3 Å². The van der Waals surface area contributed by atoms with Gasteiger partial charge in [0.05, 0.1) is 47.7 Å². The van der Waals surface area contributed by atoms with Gasteiger partial charge in [0.25, 0.3) is 11.5 Å². The third kappa shape index (κ3) is 6.13. The van der Waals surface area contributed by atoms with Crippen LogP contribution >= 0.6 is 11.6 Å². The lowest BCUT2D eigenvalue weighted by Gasteiger charge is -2.27. The highest BCUT2D eigenvalue weighted by Crippen LogP contribution is 2.46. The number of carbonyl (C=O) groups is 1. The van der Waals surface area contributed by atoms with Crippen molar-refractivity contribution in [2.24, 2.45) is 5.92 Å². The predicted octanol–water partition coefficient (Wildman–Crippen LogP) is 5.77. The maximum absolute atomic E-state index is 14.2. The first kappa shape index (κ1) is 33.1. The van der Waals surface area contributed by atoms with E-state index in [0.717, 1.165) is 16.5 Å². The number of hydrogen-bond acceptors (Lipinski definition) is 7. The number of aromatic nitrogens is 5. The van der Waals surface area contributed by atoms with Crippen LogP contribution in [0.5, 0.6) is 0 Å². The summed E-state index contributed by atoms with van der Waals surface area (Å²) in [4.78, 5) is 29.0. The predicted molar refractivity (Wildman–Crippen MR) is 192 cm³/mol. The molecule has 4 aromatic carbocycles. The Bertz CT molecular complexity index is 2270. The number of halogens is 1. The van der Waals surface area contributed by atoms with Crippen molar-refractivity contribution in [3.05, 3.63) is 159 Å². The monoisotopic (exact) mass is 686 g/mol. The molecule has 1 aliphatic rings. The zero-order valence-electron chi connectivity index (χ0n) is 27.3. The molecular weight excluding hydrogens is 652 g/mol. The van der Waals surface area contributed by atoms with Crippen molar-refractivity contribution in [2.45, 2.75) is 38.0 Å². The van der Waals surface area contributed by atoms with E-state index in [1.54, 1.807) is 53.0 Å². The lowest BCUT2D eigenvalue weighted by atomic mass is 9.83. The van der Waals surface area contributed by atoms with Gasteiger partial charge in [-0.15, -0.1) is 5.10 Å². The van der Waals surface area contributed by atoms with E-state index >= 15 is 0 Å². The van der Waals surface area contributed by atoms with E-state index in [1.807, 2.05) is 85.1 Å². The van der Waals surface area contributed by atoms with Gasteiger partial charge in [-0.1, -0.05) is 96.6 Å². The first-order valence-corrected chi connectivity index (χ1v) is 16.8. The number of amides is 1. The lowest BCUT2D eigenvalue weighted by molar-refractivity contribution is -0.139. The number of nitrogens with zero attached hydrogens (tertiary/aromatic N) is 6. The van der Waals surface area contributed by atoms with Crippen molar-refractivity contribution in [3.8, 4) is 5.69 Å². The minimum absolute atomic E-state index is 0.0810. The number of aliphatic hydroxyl groups excluding tert-OH is 1. The van der Waals surface area contributed by atoms with Crippen molar-refractivity contribution < 1.29 is 15.0 Å². The molecule has 252 valence electrons. The number of benzene rings is 4. The molecule has 2 aromatic heterocycles. The van der Waals surface area contributed by atoms with Gasteiger partial charge in [-0.05, 0) is 53.9 Å². The fraction of sp³-hybridized carbons (Fsp3) is 0.205. The van der Waals surface area contributed by atoms with Crippen LogP contribution in [-0.4, -0.2) is 47.5 Å². The Morgan fingerprint density at radius 2 is 1.76 bits per heavy atom. The third-order valence-electron chi connectivity index (χ3n) is 9.33. The lowest BCUT2D eigenvalue weighted by Crippen LogP contribution is -2.44. The maximum atomic E-state index is 14.2. The summed E-state index contributed by atoms with van der Waals surface area (Å²) in [5, 5.41) is 36.7. The number of hydrogen-bond donors (Lipinski definition) is 2. The van der Waals surface area contributed by atoms with Gasteiger partial charge in [0.1, 0.15) is 0 Å². The summed E-state index contributed by atoms with van der Waals surface area (Å²) in [6, 6.07) is 29.4. The molecule has 10 nitrogen and oxygen atoms in total. The van der Waals surface area contributed by atoms with Crippen LogP contribution in [0.4, 0.5) is 5.69 Å². The number of aryl methyl sites for hydroxylation is 1. The van der Waals surface area contributed by atoms with Crippen LogP contribution in [0.25, 0.3) is 16.5 Å². The van der Waals surface area contributed by atoms with E-state index in [4.69, 9.17) is 11.6 Å². The first-order chi connectivity index (χ1) is 24.3. The van der Waals surface area contributed by atoms with Gasteiger partial charge in [0.2, 0.25) is 0 Å². The second-order valence-electron chi connectivity index (χ2n) is 12.5. The summed E-state index contributed by atoms with van der Waals surface area (Å²) >= 11 is 6.39. The van der Waals surface area contributed by atoms with Gasteiger partial charge >= 0.3 is 0 Å². The highest BCUT2D eigenvalue weighted by Gasteiger charge is 2.52. The molecule has 0 bridgehead atoms. The quantitative estimate of drug-likeness (QED) is 0.166. The minimum atomic E-state index is -1.85. The van der Waals surface area contributed by atoms with Crippen LogP contribution in [0, 0.1) is 5.92 Å². The Morgan fingerprint density at radius 3 is 2.58 bits per heavy atom. The van der Waals surface area contributed by atoms with Crippen LogP contribution in [0.1, 0.15) is 41.6 Å². The van der Waals surface area contributed by atoms with Gasteiger partial charge < -0.3 is 15.1 Å². The summed E-state index contributed by atoms with van der Waals surface area (Å²) in [7, 11) is 0. The smallest absolute Gasteiger partial charge is 0.279 e. The molecule has 50 heavy (non-hydrogen) atoms. The molecule has 0 fully saturated rings. The molecule has 0 spiro atoms. The average Bonchev–Trinajstić information content (AvgIpc) is 3.68. The summed E-state index contributed by atoms with van der Waals surface area (Å²) in [6.07, 6.45) is 7.82. The minimum Gasteiger partial charge on any atom is -0.395 e. The van der Waals surface area contributed by atoms with E-state index in [9.17, 15) is 19.8 Å². The van der Waals surface area contributed by atoms with Crippen LogP contribution in [0.2, 0.25) is 5.02 Å². The fourth-order valence-corrected chi connectivity index (χ4v) is 6.78. The second kappa shape index (κ2) is 13.8. The molecule has 0 saturated heterocycles. The molecule has 0 saturated carbocycles. The molecule has 3 atom stereocenters. The molecule has 7 rings (SSSR count). The van der Waals surface area contributed by atoms with Crippen LogP contribution in [0.3, 0.4) is 0 Å². The zero-order chi connectivity index (χ0) is 34.8. The first-order valence-electron chi connectivity index (χ1n) is 16.4. The normalized spacial score (nSPS) is 17.0. The van der Waals surface area contributed by atoms with Gasteiger partial charge in [-0.2, -0.15) is 9.78 Å². The van der Waals surface area contributed by atoms with Crippen molar-refractivity contribution >= 4 is 34.0 Å².